The molecule has 0 saturated heterocycles. The highest BCUT2D eigenvalue weighted by Gasteiger charge is 2.06. The van der Waals surface area contributed by atoms with Gasteiger partial charge in [0.05, 0.1) is 0 Å². The van der Waals surface area contributed by atoms with E-state index in [0.29, 0.717) is 12.2 Å². The van der Waals surface area contributed by atoms with E-state index in [0.717, 1.165) is 0 Å². The fourth-order valence-electron chi connectivity index (χ4n) is 0.473. The van der Waals surface area contributed by atoms with Crippen molar-refractivity contribution in [3.63, 3.8) is 0 Å². The quantitative estimate of drug-likeness (QED) is 0.351. The van der Waals surface area contributed by atoms with Crippen LogP contribution in [0.4, 0.5) is 0 Å². The summed E-state index contributed by atoms with van der Waals surface area (Å²) in [6.07, 6.45) is 0.419. The summed E-state index contributed by atoms with van der Waals surface area (Å²) in [7, 11) is 0. The van der Waals surface area contributed by atoms with Crippen molar-refractivity contribution in [2.24, 2.45) is 0 Å². The topological polar surface area (TPSA) is 43.4 Å². The SMILES string of the molecule is C=C(CC)OC(=O)CC(C)=O. The molecule has 0 N–H and O–H groups in total. The normalized spacial score (nSPS) is 8.91. The van der Waals surface area contributed by atoms with Gasteiger partial charge in [-0.25, -0.2) is 0 Å². The lowest BCUT2D eigenvalue weighted by molar-refractivity contribution is -0.142. The van der Waals surface area contributed by atoms with Gasteiger partial charge in [0.15, 0.2) is 0 Å². The first-order chi connectivity index (χ1) is 5.06. The molecule has 0 bridgehead atoms. The number of carbonyl (C=O) groups excluding carboxylic acids is 2. The summed E-state index contributed by atoms with van der Waals surface area (Å²) in [5.74, 6) is -0.320. The molecule has 0 aliphatic rings. The number of esters is 1. The van der Waals surface area contributed by atoms with Gasteiger partial charge < -0.3 is 4.74 Å². The summed E-state index contributed by atoms with van der Waals surface area (Å²) in [5, 5.41) is 0. The van der Waals surface area contributed by atoms with E-state index in [9.17, 15) is 9.59 Å². The second kappa shape index (κ2) is 4.66. The van der Waals surface area contributed by atoms with Crippen molar-refractivity contribution in [3.8, 4) is 0 Å². The molecule has 0 aromatic heterocycles. The lowest BCUT2D eigenvalue weighted by Crippen LogP contribution is -2.07. The number of Topliss-reactive ketones (excluding diaryl/α,β-unsaturated/α-hetero) is 1. The maximum Gasteiger partial charge on any atom is 0.318 e. The summed E-state index contributed by atoms with van der Waals surface area (Å²) < 4.78 is 4.66. The van der Waals surface area contributed by atoms with Crippen molar-refractivity contribution in [2.75, 3.05) is 0 Å². The second-order valence-corrected chi connectivity index (χ2v) is 2.25. The first-order valence-electron chi connectivity index (χ1n) is 3.44. The van der Waals surface area contributed by atoms with Crippen molar-refractivity contribution in [3.05, 3.63) is 12.3 Å². The third-order valence-corrected chi connectivity index (χ3v) is 1.05. The molecule has 0 atom stereocenters. The van der Waals surface area contributed by atoms with Crippen molar-refractivity contribution < 1.29 is 14.3 Å². The zero-order chi connectivity index (χ0) is 8.85. The Labute approximate surface area is 66.0 Å². The molecule has 0 fully saturated rings. The van der Waals surface area contributed by atoms with Gasteiger partial charge in [-0.05, 0) is 6.92 Å². The van der Waals surface area contributed by atoms with Crippen molar-refractivity contribution in [2.45, 2.75) is 26.7 Å². The van der Waals surface area contributed by atoms with Crippen LogP contribution in [0.5, 0.6) is 0 Å². The molecular weight excluding hydrogens is 144 g/mol. The van der Waals surface area contributed by atoms with Gasteiger partial charge in [0.2, 0.25) is 0 Å². The molecule has 0 radical (unpaired) electrons. The Kier molecular flexibility index (Phi) is 4.18. The molecule has 0 aliphatic heterocycles. The third-order valence-electron chi connectivity index (χ3n) is 1.05. The van der Waals surface area contributed by atoms with Crippen LogP contribution in [0.25, 0.3) is 0 Å². The monoisotopic (exact) mass is 156 g/mol. The van der Waals surface area contributed by atoms with Crippen LogP contribution >= 0.6 is 0 Å². The Morgan fingerprint density at radius 2 is 2.00 bits per heavy atom. The van der Waals surface area contributed by atoms with Gasteiger partial charge >= 0.3 is 5.97 Å². The largest absolute Gasteiger partial charge is 0.431 e. The van der Waals surface area contributed by atoms with E-state index >= 15 is 0 Å². The number of allylic oxidation sites excluding steroid dienone is 1. The van der Waals surface area contributed by atoms with E-state index in [-0.39, 0.29) is 12.2 Å². The lowest BCUT2D eigenvalue weighted by atomic mass is 10.3. The molecule has 3 nitrogen and oxygen atoms in total. The standard InChI is InChI=1S/C8H12O3/c1-4-7(3)11-8(10)5-6(2)9/h3-5H2,1-2H3. The minimum Gasteiger partial charge on any atom is -0.431 e. The second-order valence-electron chi connectivity index (χ2n) is 2.25. The van der Waals surface area contributed by atoms with E-state index in [1.807, 2.05) is 6.92 Å². The molecule has 62 valence electrons. The molecule has 0 saturated carbocycles. The first-order valence-corrected chi connectivity index (χ1v) is 3.44. The number of hydrogen-bond acceptors (Lipinski definition) is 3. The zero-order valence-corrected chi connectivity index (χ0v) is 6.85. The van der Waals surface area contributed by atoms with E-state index in [1.54, 1.807) is 0 Å². The fourth-order valence-corrected chi connectivity index (χ4v) is 0.473. The maximum absolute atomic E-state index is 10.7. The highest BCUT2D eigenvalue weighted by molar-refractivity contribution is 5.94. The van der Waals surface area contributed by atoms with Crippen LogP contribution in [0, 0.1) is 0 Å². The molecule has 0 aromatic carbocycles. The van der Waals surface area contributed by atoms with Crippen molar-refractivity contribution in [1.82, 2.24) is 0 Å². The molecule has 0 heterocycles. The highest BCUT2D eigenvalue weighted by atomic mass is 16.5. The fraction of sp³-hybridized carbons (Fsp3) is 0.500. The van der Waals surface area contributed by atoms with E-state index in [2.05, 4.69) is 11.3 Å². The zero-order valence-electron chi connectivity index (χ0n) is 6.85. The van der Waals surface area contributed by atoms with Crippen LogP contribution < -0.4 is 0 Å². The number of ether oxygens (including phenoxy) is 1. The minimum atomic E-state index is -0.524. The predicted octanol–water partition coefficient (Wildman–Crippen LogP) is 1.43. The lowest BCUT2D eigenvalue weighted by Gasteiger charge is -2.02. The number of ketones is 1. The van der Waals surface area contributed by atoms with Crippen LogP contribution in [-0.2, 0) is 14.3 Å². The summed E-state index contributed by atoms with van der Waals surface area (Å²) in [6, 6.07) is 0. The molecule has 0 unspecified atom stereocenters. The van der Waals surface area contributed by atoms with Crippen LogP contribution in [0.1, 0.15) is 26.7 Å². The average molecular weight is 156 g/mol. The number of hydrogen-bond donors (Lipinski definition) is 0. The Morgan fingerprint density at radius 3 is 2.36 bits per heavy atom. The van der Waals surface area contributed by atoms with E-state index in [4.69, 9.17) is 0 Å². The van der Waals surface area contributed by atoms with Crippen LogP contribution in [0.15, 0.2) is 12.3 Å². The minimum absolute atomic E-state index is 0.168. The molecule has 0 aliphatic carbocycles. The number of rotatable bonds is 4. The Hall–Kier alpha value is -1.12. The van der Waals surface area contributed by atoms with Gasteiger partial charge in [-0.1, -0.05) is 13.5 Å². The average Bonchev–Trinajstić information content (AvgIpc) is 1.85. The van der Waals surface area contributed by atoms with Crippen LogP contribution in [0.3, 0.4) is 0 Å². The maximum atomic E-state index is 10.7. The van der Waals surface area contributed by atoms with Crippen molar-refractivity contribution in [1.29, 1.82) is 0 Å². The van der Waals surface area contributed by atoms with Gasteiger partial charge in [-0.2, -0.15) is 0 Å². The van der Waals surface area contributed by atoms with Crippen LogP contribution in [-0.4, -0.2) is 11.8 Å². The molecule has 0 aromatic rings. The Morgan fingerprint density at radius 1 is 1.45 bits per heavy atom. The summed E-state index contributed by atoms with van der Waals surface area (Å²) in [5.41, 5.74) is 0. The van der Waals surface area contributed by atoms with Gasteiger partial charge in [0, 0.05) is 6.42 Å². The molecule has 11 heavy (non-hydrogen) atoms. The molecule has 0 amide bonds. The van der Waals surface area contributed by atoms with E-state index in [1.165, 1.54) is 6.92 Å². The van der Waals surface area contributed by atoms with Gasteiger partial charge in [0.25, 0.3) is 0 Å². The summed E-state index contributed by atoms with van der Waals surface area (Å²) in [6.45, 7) is 6.63. The summed E-state index contributed by atoms with van der Waals surface area (Å²) in [4.78, 5) is 21.1. The van der Waals surface area contributed by atoms with Crippen molar-refractivity contribution >= 4 is 11.8 Å². The van der Waals surface area contributed by atoms with Gasteiger partial charge in [-0.15, -0.1) is 0 Å². The molecule has 3 heteroatoms. The highest BCUT2D eigenvalue weighted by Crippen LogP contribution is 2.00. The molecule has 0 rings (SSSR count). The molecule has 0 spiro atoms. The Balaban J connectivity index is 3.70. The smallest absolute Gasteiger partial charge is 0.318 e. The van der Waals surface area contributed by atoms with Gasteiger partial charge in [-0.3, -0.25) is 9.59 Å². The van der Waals surface area contributed by atoms with Gasteiger partial charge in [0.1, 0.15) is 18.0 Å². The van der Waals surface area contributed by atoms with Crippen LogP contribution in [0.2, 0.25) is 0 Å². The predicted molar refractivity (Wildman–Crippen MR) is 40.8 cm³/mol. The summed E-state index contributed by atoms with van der Waals surface area (Å²) >= 11 is 0. The third kappa shape index (κ3) is 5.33. The number of carbonyl (C=O) groups is 2. The van der Waals surface area contributed by atoms with E-state index < -0.39 is 5.97 Å². The Bertz CT molecular complexity index is 182. The first kappa shape index (κ1) is 9.88. The molecular formula is C8H12O3.